The van der Waals surface area contributed by atoms with Gasteiger partial charge in [0, 0.05) is 17.8 Å². The average Bonchev–Trinajstić information content (AvgIpc) is 2.36. The van der Waals surface area contributed by atoms with E-state index in [1.165, 1.54) is 0 Å². The van der Waals surface area contributed by atoms with Gasteiger partial charge in [0.25, 0.3) is 5.91 Å². The molecule has 0 bridgehead atoms. The van der Waals surface area contributed by atoms with E-state index in [1.54, 1.807) is 0 Å². The fourth-order valence-corrected chi connectivity index (χ4v) is 2.16. The fraction of sp³-hybridized carbons (Fsp3) is 0.562. The fourth-order valence-electron chi connectivity index (χ4n) is 2.16. The molecule has 0 spiro atoms. The summed E-state index contributed by atoms with van der Waals surface area (Å²) in [6.45, 7) is 9.25. The highest BCUT2D eigenvalue weighted by molar-refractivity contribution is 5.99. The summed E-state index contributed by atoms with van der Waals surface area (Å²) in [7, 11) is 0. The van der Waals surface area contributed by atoms with Crippen molar-refractivity contribution < 1.29 is 4.79 Å². The molecule has 1 aromatic rings. The Bertz CT molecular complexity index is 413. The third kappa shape index (κ3) is 4.93. The maximum absolute atomic E-state index is 12.4. The predicted octanol–water partition coefficient (Wildman–Crippen LogP) is 3.82. The molecule has 1 aromatic carbocycles. The van der Waals surface area contributed by atoms with Gasteiger partial charge in [0.05, 0.1) is 5.56 Å². The Labute approximate surface area is 116 Å². The number of amides is 1. The smallest absolute Gasteiger partial charge is 0.253 e. The van der Waals surface area contributed by atoms with Crippen LogP contribution in [0.1, 0.15) is 57.3 Å². The first-order chi connectivity index (χ1) is 9.00. The molecule has 19 heavy (non-hydrogen) atoms. The van der Waals surface area contributed by atoms with Crippen LogP contribution in [0.3, 0.4) is 0 Å². The lowest BCUT2D eigenvalue weighted by molar-refractivity contribution is 0.0910. The zero-order valence-electron chi connectivity index (χ0n) is 12.5. The molecule has 0 fully saturated rings. The molecule has 106 valence electrons. The maximum atomic E-state index is 12.4. The van der Waals surface area contributed by atoms with Crippen molar-refractivity contribution in [3.63, 3.8) is 0 Å². The summed E-state index contributed by atoms with van der Waals surface area (Å²) >= 11 is 0. The van der Waals surface area contributed by atoms with Crippen molar-refractivity contribution in [3.05, 3.63) is 29.8 Å². The summed E-state index contributed by atoms with van der Waals surface area (Å²) in [5.74, 6) is -0.00217. The van der Waals surface area contributed by atoms with Gasteiger partial charge in [0.15, 0.2) is 0 Å². The van der Waals surface area contributed by atoms with Crippen LogP contribution in [0.4, 0.5) is 5.69 Å². The van der Waals surface area contributed by atoms with Gasteiger partial charge in [-0.1, -0.05) is 32.4 Å². The molecule has 0 saturated heterocycles. The first-order valence-electron chi connectivity index (χ1n) is 7.15. The Morgan fingerprint density at radius 2 is 1.84 bits per heavy atom. The molecule has 0 unspecified atom stereocenters. The summed E-state index contributed by atoms with van der Waals surface area (Å²) < 4.78 is 0. The number of carbonyl (C=O) groups excluding carboxylic acids is 1. The number of benzene rings is 1. The van der Waals surface area contributed by atoms with Crippen LogP contribution in [0, 0.1) is 0 Å². The quantitative estimate of drug-likeness (QED) is 0.784. The molecule has 0 atom stereocenters. The van der Waals surface area contributed by atoms with Crippen LogP contribution in [0.5, 0.6) is 0 Å². The van der Waals surface area contributed by atoms with E-state index in [9.17, 15) is 4.79 Å². The zero-order valence-corrected chi connectivity index (χ0v) is 12.5. The van der Waals surface area contributed by atoms with Gasteiger partial charge in [-0.25, -0.2) is 0 Å². The maximum Gasteiger partial charge on any atom is 0.253 e. The van der Waals surface area contributed by atoms with E-state index in [2.05, 4.69) is 38.3 Å². The second kappa shape index (κ2) is 7.17. The monoisotopic (exact) mass is 262 g/mol. The average molecular weight is 262 g/mol. The third-order valence-corrected chi connectivity index (χ3v) is 3.06. The largest absolute Gasteiger partial charge is 0.384 e. The van der Waals surface area contributed by atoms with Gasteiger partial charge < -0.3 is 10.6 Å². The van der Waals surface area contributed by atoms with Gasteiger partial charge in [-0.3, -0.25) is 4.79 Å². The highest BCUT2D eigenvalue weighted by atomic mass is 16.1. The minimum absolute atomic E-state index is 0.00217. The van der Waals surface area contributed by atoms with E-state index in [4.69, 9.17) is 0 Å². The lowest BCUT2D eigenvalue weighted by Crippen LogP contribution is -2.43. The van der Waals surface area contributed by atoms with Gasteiger partial charge in [-0.15, -0.1) is 0 Å². The Hall–Kier alpha value is -1.51. The molecule has 1 rings (SSSR count). The highest BCUT2D eigenvalue weighted by Crippen LogP contribution is 2.18. The molecule has 2 N–H and O–H groups in total. The number of carbonyl (C=O) groups is 1. The van der Waals surface area contributed by atoms with Crippen LogP contribution in [0.25, 0.3) is 0 Å². The highest BCUT2D eigenvalue weighted by Gasteiger charge is 2.21. The number of nitrogens with one attached hydrogen (secondary N) is 2. The van der Waals surface area contributed by atoms with Gasteiger partial charge >= 0.3 is 0 Å². The van der Waals surface area contributed by atoms with Crippen molar-refractivity contribution in [3.8, 4) is 0 Å². The van der Waals surface area contributed by atoms with Crippen LogP contribution in [-0.2, 0) is 0 Å². The van der Waals surface area contributed by atoms with Crippen molar-refractivity contribution >= 4 is 11.6 Å². The number of para-hydroxylation sites is 1. The van der Waals surface area contributed by atoms with Crippen molar-refractivity contribution in [1.29, 1.82) is 0 Å². The summed E-state index contributed by atoms with van der Waals surface area (Å²) in [5, 5.41) is 6.41. The van der Waals surface area contributed by atoms with Crippen LogP contribution in [-0.4, -0.2) is 18.0 Å². The Morgan fingerprint density at radius 1 is 1.16 bits per heavy atom. The predicted molar refractivity (Wildman–Crippen MR) is 81.7 cm³/mol. The van der Waals surface area contributed by atoms with Crippen LogP contribution >= 0.6 is 0 Å². The minimum atomic E-state index is -0.163. The molecule has 3 nitrogen and oxygen atoms in total. The second-order valence-electron chi connectivity index (χ2n) is 5.56. The van der Waals surface area contributed by atoms with Crippen molar-refractivity contribution in [2.75, 3.05) is 11.9 Å². The van der Waals surface area contributed by atoms with Crippen molar-refractivity contribution in [2.45, 2.75) is 52.5 Å². The molecular formula is C16H26N2O. The molecule has 0 aliphatic heterocycles. The number of anilines is 1. The van der Waals surface area contributed by atoms with Crippen molar-refractivity contribution in [2.24, 2.45) is 0 Å². The molecule has 0 aromatic heterocycles. The van der Waals surface area contributed by atoms with Gasteiger partial charge in [0.1, 0.15) is 0 Å². The SMILES string of the molecule is CCCNc1ccccc1C(=O)NC(C)(C)CCC. The normalized spacial score (nSPS) is 11.2. The van der Waals surface area contributed by atoms with E-state index in [0.29, 0.717) is 0 Å². The lowest BCUT2D eigenvalue weighted by atomic mass is 9.98. The summed E-state index contributed by atoms with van der Waals surface area (Å²) in [6, 6.07) is 7.68. The van der Waals surface area contributed by atoms with Gasteiger partial charge in [-0.2, -0.15) is 0 Å². The minimum Gasteiger partial charge on any atom is -0.384 e. The zero-order chi connectivity index (χ0) is 14.3. The number of hydrogen-bond donors (Lipinski definition) is 2. The standard InChI is InChI=1S/C16H26N2O/c1-5-11-16(3,4)18-15(19)13-9-7-8-10-14(13)17-12-6-2/h7-10,17H,5-6,11-12H2,1-4H3,(H,18,19). The molecule has 0 aliphatic rings. The molecule has 0 radical (unpaired) electrons. The topological polar surface area (TPSA) is 41.1 Å². The lowest BCUT2D eigenvalue weighted by Gasteiger charge is -2.26. The summed E-state index contributed by atoms with van der Waals surface area (Å²) in [5.41, 5.74) is 1.47. The molecule has 0 aliphatic carbocycles. The first-order valence-corrected chi connectivity index (χ1v) is 7.15. The second-order valence-corrected chi connectivity index (χ2v) is 5.56. The van der Waals surface area contributed by atoms with E-state index >= 15 is 0 Å². The van der Waals surface area contributed by atoms with E-state index in [-0.39, 0.29) is 11.4 Å². The Balaban J connectivity index is 2.81. The Morgan fingerprint density at radius 3 is 2.47 bits per heavy atom. The number of hydrogen-bond acceptors (Lipinski definition) is 2. The van der Waals surface area contributed by atoms with Gasteiger partial charge in [0.2, 0.25) is 0 Å². The third-order valence-electron chi connectivity index (χ3n) is 3.06. The van der Waals surface area contributed by atoms with Crippen LogP contribution in [0.2, 0.25) is 0 Å². The van der Waals surface area contributed by atoms with Crippen LogP contribution in [0.15, 0.2) is 24.3 Å². The van der Waals surface area contributed by atoms with Crippen molar-refractivity contribution in [1.82, 2.24) is 5.32 Å². The van der Waals surface area contributed by atoms with E-state index in [1.807, 2.05) is 24.3 Å². The molecule has 0 heterocycles. The van der Waals surface area contributed by atoms with E-state index < -0.39 is 0 Å². The van der Waals surface area contributed by atoms with Gasteiger partial charge in [-0.05, 0) is 38.8 Å². The van der Waals surface area contributed by atoms with Crippen LogP contribution < -0.4 is 10.6 Å². The summed E-state index contributed by atoms with van der Waals surface area (Å²) in [4.78, 5) is 12.4. The number of rotatable bonds is 7. The van der Waals surface area contributed by atoms with E-state index in [0.717, 1.165) is 37.1 Å². The molecule has 3 heteroatoms. The Kier molecular flexibility index (Phi) is 5.87. The summed E-state index contributed by atoms with van der Waals surface area (Å²) in [6.07, 6.45) is 3.07. The molecular weight excluding hydrogens is 236 g/mol. The first kappa shape index (κ1) is 15.5. The molecule has 0 saturated carbocycles. The molecule has 1 amide bonds.